The third-order valence-electron chi connectivity index (χ3n) is 3.73. The van der Waals surface area contributed by atoms with Crippen molar-refractivity contribution >= 4 is 5.78 Å². The van der Waals surface area contributed by atoms with Crippen molar-refractivity contribution in [3.63, 3.8) is 0 Å². The van der Waals surface area contributed by atoms with Crippen LogP contribution >= 0.6 is 0 Å². The summed E-state index contributed by atoms with van der Waals surface area (Å²) in [4.78, 5) is 11.4. The van der Waals surface area contributed by atoms with Crippen LogP contribution in [0.3, 0.4) is 0 Å². The molecule has 1 saturated carbocycles. The van der Waals surface area contributed by atoms with Crippen LogP contribution in [0.5, 0.6) is 0 Å². The smallest absolute Gasteiger partial charge is 0.135 e. The van der Waals surface area contributed by atoms with Crippen LogP contribution in [0.15, 0.2) is 0 Å². The van der Waals surface area contributed by atoms with E-state index in [2.05, 4.69) is 5.32 Å². The third kappa shape index (κ3) is 2.57. The average molecular weight is 195 g/mol. The highest BCUT2D eigenvalue weighted by Crippen LogP contribution is 2.28. The van der Waals surface area contributed by atoms with Gasteiger partial charge in [0, 0.05) is 25.4 Å². The van der Waals surface area contributed by atoms with Crippen LogP contribution in [-0.2, 0) is 4.79 Å². The van der Waals surface area contributed by atoms with Gasteiger partial charge in [-0.1, -0.05) is 25.7 Å². The second-order valence-electron chi connectivity index (χ2n) is 4.81. The Morgan fingerprint density at radius 1 is 1.07 bits per heavy atom. The van der Waals surface area contributed by atoms with E-state index in [1.54, 1.807) is 0 Å². The average Bonchev–Trinajstić information content (AvgIpc) is 2.45. The van der Waals surface area contributed by atoms with Gasteiger partial charge >= 0.3 is 0 Å². The van der Waals surface area contributed by atoms with E-state index in [9.17, 15) is 4.79 Å². The Labute approximate surface area is 86.5 Å². The molecule has 14 heavy (non-hydrogen) atoms. The Hall–Kier alpha value is -0.370. The molecule has 2 heteroatoms. The minimum atomic E-state index is 0.470. The first kappa shape index (κ1) is 10.2. The fraction of sp³-hybridized carbons (Fsp3) is 0.917. The monoisotopic (exact) mass is 195 g/mol. The minimum absolute atomic E-state index is 0.470. The van der Waals surface area contributed by atoms with Crippen molar-refractivity contribution in [3.8, 4) is 0 Å². The van der Waals surface area contributed by atoms with Gasteiger partial charge in [0.2, 0.25) is 0 Å². The zero-order valence-corrected chi connectivity index (χ0v) is 8.93. The molecule has 1 saturated heterocycles. The molecule has 1 heterocycles. The molecule has 1 aliphatic heterocycles. The lowest BCUT2D eigenvalue weighted by atomic mass is 9.86. The number of hydrogen-bond acceptors (Lipinski definition) is 2. The van der Waals surface area contributed by atoms with Crippen LogP contribution in [0.2, 0.25) is 0 Å². The summed E-state index contributed by atoms with van der Waals surface area (Å²) in [5.41, 5.74) is 0. The molecule has 80 valence electrons. The molecule has 0 amide bonds. The van der Waals surface area contributed by atoms with Gasteiger partial charge in [-0.25, -0.2) is 0 Å². The summed E-state index contributed by atoms with van der Waals surface area (Å²) >= 11 is 0. The predicted octanol–water partition coefficient (Wildman–Crippen LogP) is 2.28. The largest absolute Gasteiger partial charge is 0.313 e. The van der Waals surface area contributed by atoms with Gasteiger partial charge in [0.25, 0.3) is 0 Å². The molecule has 1 aliphatic carbocycles. The molecule has 0 aromatic rings. The van der Waals surface area contributed by atoms with E-state index >= 15 is 0 Å². The molecule has 0 radical (unpaired) electrons. The van der Waals surface area contributed by atoms with Gasteiger partial charge < -0.3 is 5.32 Å². The van der Waals surface area contributed by atoms with Gasteiger partial charge in [-0.2, -0.15) is 0 Å². The number of hydrogen-bond donors (Lipinski definition) is 1. The molecular weight excluding hydrogens is 174 g/mol. The molecule has 1 atom stereocenters. The van der Waals surface area contributed by atoms with Gasteiger partial charge in [-0.3, -0.25) is 4.79 Å². The summed E-state index contributed by atoms with van der Waals surface area (Å²) in [6.07, 6.45) is 9.77. The number of carbonyl (C=O) groups is 1. The van der Waals surface area contributed by atoms with Crippen LogP contribution in [0.25, 0.3) is 0 Å². The second-order valence-corrected chi connectivity index (χ2v) is 4.81. The summed E-state index contributed by atoms with van der Waals surface area (Å²) in [5, 5.41) is 3.53. The molecular formula is C12H21NO. The molecule has 0 aromatic carbocycles. The van der Waals surface area contributed by atoms with Crippen LogP contribution in [0.4, 0.5) is 0 Å². The fourth-order valence-electron chi connectivity index (χ4n) is 2.86. The Morgan fingerprint density at radius 3 is 2.43 bits per heavy atom. The number of piperidine rings is 1. The molecule has 1 N–H and O–H groups in total. The summed E-state index contributed by atoms with van der Waals surface area (Å²) in [6, 6.07) is 0.509. The molecule has 1 unspecified atom stereocenters. The summed E-state index contributed by atoms with van der Waals surface area (Å²) in [7, 11) is 0. The number of ketones is 1. The maximum atomic E-state index is 11.4. The van der Waals surface area contributed by atoms with E-state index in [0.29, 0.717) is 11.8 Å². The Morgan fingerprint density at radius 2 is 1.79 bits per heavy atom. The van der Waals surface area contributed by atoms with Crippen molar-refractivity contribution < 1.29 is 4.79 Å². The van der Waals surface area contributed by atoms with Crippen LogP contribution in [0.1, 0.15) is 51.4 Å². The molecule has 2 rings (SSSR count). The van der Waals surface area contributed by atoms with Crippen LogP contribution in [0, 0.1) is 5.92 Å². The first-order chi connectivity index (χ1) is 6.86. The number of rotatable bonds is 1. The third-order valence-corrected chi connectivity index (χ3v) is 3.73. The zero-order chi connectivity index (χ0) is 9.80. The maximum absolute atomic E-state index is 11.4. The maximum Gasteiger partial charge on any atom is 0.135 e. The number of nitrogens with one attached hydrogen (secondary N) is 1. The van der Waals surface area contributed by atoms with E-state index in [1.807, 2.05) is 0 Å². The highest BCUT2D eigenvalue weighted by Gasteiger charge is 2.26. The lowest BCUT2D eigenvalue weighted by Crippen LogP contribution is -2.43. The van der Waals surface area contributed by atoms with Crippen LogP contribution < -0.4 is 5.32 Å². The van der Waals surface area contributed by atoms with E-state index in [-0.39, 0.29) is 0 Å². The first-order valence-corrected chi connectivity index (χ1v) is 6.11. The van der Waals surface area contributed by atoms with Crippen molar-refractivity contribution in [1.82, 2.24) is 5.32 Å². The first-order valence-electron chi connectivity index (χ1n) is 6.11. The van der Waals surface area contributed by atoms with E-state index in [0.717, 1.165) is 25.3 Å². The van der Waals surface area contributed by atoms with E-state index < -0.39 is 0 Å². The standard InChI is InChI=1S/C12H21NO/c14-11-7-8-13-12(9-11)10-5-3-1-2-4-6-10/h10,12-13H,1-9H2. The molecule has 2 nitrogen and oxygen atoms in total. The number of Topliss-reactive ketones (excluding diaryl/α,β-unsaturated/α-hetero) is 1. The SMILES string of the molecule is O=C1CCNC(C2CCCCCC2)C1. The molecule has 2 fully saturated rings. The van der Waals surface area contributed by atoms with Crippen molar-refractivity contribution in [2.45, 2.75) is 57.4 Å². The van der Waals surface area contributed by atoms with Gasteiger partial charge in [0.05, 0.1) is 0 Å². The van der Waals surface area contributed by atoms with Gasteiger partial charge in [0.15, 0.2) is 0 Å². The Bertz CT molecular complexity index is 194. The lowest BCUT2D eigenvalue weighted by molar-refractivity contribution is -0.121. The van der Waals surface area contributed by atoms with Crippen molar-refractivity contribution in [3.05, 3.63) is 0 Å². The zero-order valence-electron chi connectivity index (χ0n) is 8.93. The van der Waals surface area contributed by atoms with Crippen molar-refractivity contribution in [2.24, 2.45) is 5.92 Å². The van der Waals surface area contributed by atoms with Crippen molar-refractivity contribution in [1.29, 1.82) is 0 Å². The Kier molecular flexibility index (Phi) is 3.57. The molecule has 0 aromatic heterocycles. The predicted molar refractivity (Wildman–Crippen MR) is 57.2 cm³/mol. The lowest BCUT2D eigenvalue weighted by Gasteiger charge is -2.30. The van der Waals surface area contributed by atoms with Crippen LogP contribution in [-0.4, -0.2) is 18.4 Å². The van der Waals surface area contributed by atoms with Gasteiger partial charge in [-0.15, -0.1) is 0 Å². The van der Waals surface area contributed by atoms with Gasteiger partial charge in [0.1, 0.15) is 5.78 Å². The summed E-state index contributed by atoms with van der Waals surface area (Å²) < 4.78 is 0. The normalized spacial score (nSPS) is 31.4. The Balaban J connectivity index is 1.88. The molecule has 0 spiro atoms. The minimum Gasteiger partial charge on any atom is -0.313 e. The van der Waals surface area contributed by atoms with E-state index in [4.69, 9.17) is 0 Å². The van der Waals surface area contributed by atoms with Gasteiger partial charge in [-0.05, 0) is 18.8 Å². The summed E-state index contributed by atoms with van der Waals surface area (Å²) in [5.74, 6) is 1.25. The highest BCUT2D eigenvalue weighted by molar-refractivity contribution is 5.80. The molecule has 0 bridgehead atoms. The highest BCUT2D eigenvalue weighted by atomic mass is 16.1. The summed E-state index contributed by atoms with van der Waals surface area (Å²) in [6.45, 7) is 0.917. The van der Waals surface area contributed by atoms with Crippen molar-refractivity contribution in [2.75, 3.05) is 6.54 Å². The fourth-order valence-corrected chi connectivity index (χ4v) is 2.86. The molecule has 2 aliphatic rings. The van der Waals surface area contributed by atoms with E-state index in [1.165, 1.54) is 38.5 Å². The number of carbonyl (C=O) groups excluding carboxylic acids is 1. The second kappa shape index (κ2) is 4.92. The topological polar surface area (TPSA) is 29.1 Å². The quantitative estimate of drug-likeness (QED) is 0.650.